The number of carboxylic acids is 1. The first kappa shape index (κ1) is 10.3. The molecule has 80 valence electrons. The van der Waals surface area contributed by atoms with Crippen molar-refractivity contribution in [2.45, 2.75) is 6.04 Å². The highest BCUT2D eigenvalue weighted by molar-refractivity contribution is 5.85. The minimum atomic E-state index is -1.33. The van der Waals surface area contributed by atoms with Crippen LogP contribution in [0.15, 0.2) is 47.6 Å². The van der Waals surface area contributed by atoms with Crippen LogP contribution in [0.5, 0.6) is 0 Å². The van der Waals surface area contributed by atoms with Crippen molar-refractivity contribution in [3.05, 3.63) is 52.9 Å². The Hall–Kier alpha value is -2.23. The molecule has 0 heterocycles. The van der Waals surface area contributed by atoms with Crippen LogP contribution < -0.4 is 0 Å². The Morgan fingerprint density at radius 3 is 2.44 bits per heavy atom. The molecular formula is C12H9NO3. The second-order valence-electron chi connectivity index (χ2n) is 3.45. The largest absolute Gasteiger partial charge is 0.479 e. The molecular weight excluding hydrogens is 206 g/mol. The maximum absolute atomic E-state index is 10.8. The first-order valence-electron chi connectivity index (χ1n) is 4.76. The minimum absolute atomic E-state index is 0.404. The van der Waals surface area contributed by atoms with E-state index in [1.165, 1.54) is 0 Å². The molecule has 0 radical (unpaired) electrons. The number of benzene rings is 2. The van der Waals surface area contributed by atoms with Crippen LogP contribution in [0.4, 0.5) is 0 Å². The van der Waals surface area contributed by atoms with E-state index in [-0.39, 0.29) is 0 Å². The summed E-state index contributed by atoms with van der Waals surface area (Å²) >= 11 is 0. The van der Waals surface area contributed by atoms with E-state index < -0.39 is 12.0 Å². The van der Waals surface area contributed by atoms with Crippen LogP contribution in [0.25, 0.3) is 10.8 Å². The summed E-state index contributed by atoms with van der Waals surface area (Å²) in [7, 11) is 0. The summed E-state index contributed by atoms with van der Waals surface area (Å²) in [5.74, 6) is -1.23. The molecule has 0 aromatic heterocycles. The summed E-state index contributed by atoms with van der Waals surface area (Å²) in [6, 6.07) is 11.3. The van der Waals surface area contributed by atoms with Crippen molar-refractivity contribution in [2.24, 2.45) is 5.18 Å². The average Bonchev–Trinajstić information content (AvgIpc) is 2.29. The molecule has 0 saturated carbocycles. The SMILES string of the molecule is O=N[C@H](C(=O)O)c1ccc2ccccc2c1. The summed E-state index contributed by atoms with van der Waals surface area (Å²) in [5.41, 5.74) is 0.404. The fourth-order valence-corrected chi connectivity index (χ4v) is 1.63. The average molecular weight is 215 g/mol. The summed E-state index contributed by atoms with van der Waals surface area (Å²) < 4.78 is 0. The highest BCUT2D eigenvalue weighted by Crippen LogP contribution is 2.22. The number of carbonyl (C=O) groups is 1. The van der Waals surface area contributed by atoms with Gasteiger partial charge >= 0.3 is 5.97 Å². The molecule has 0 saturated heterocycles. The Morgan fingerprint density at radius 2 is 1.81 bits per heavy atom. The van der Waals surface area contributed by atoms with Crippen LogP contribution >= 0.6 is 0 Å². The zero-order chi connectivity index (χ0) is 11.5. The number of nitrogens with zero attached hydrogens (tertiary/aromatic N) is 1. The van der Waals surface area contributed by atoms with E-state index >= 15 is 0 Å². The van der Waals surface area contributed by atoms with E-state index in [0.29, 0.717) is 5.56 Å². The van der Waals surface area contributed by atoms with Gasteiger partial charge < -0.3 is 5.11 Å². The van der Waals surface area contributed by atoms with E-state index in [1.807, 2.05) is 24.3 Å². The highest BCUT2D eigenvalue weighted by atomic mass is 16.4. The first-order chi connectivity index (χ1) is 7.72. The Bertz CT molecular complexity index is 551. The molecule has 4 nitrogen and oxygen atoms in total. The number of hydrogen-bond donors (Lipinski definition) is 1. The van der Waals surface area contributed by atoms with Gasteiger partial charge in [0.15, 0.2) is 0 Å². The molecule has 0 aliphatic carbocycles. The molecule has 4 heteroatoms. The monoisotopic (exact) mass is 215 g/mol. The van der Waals surface area contributed by atoms with Crippen molar-refractivity contribution < 1.29 is 9.90 Å². The van der Waals surface area contributed by atoms with Gasteiger partial charge in [-0.15, -0.1) is 4.91 Å². The van der Waals surface area contributed by atoms with Gasteiger partial charge in [-0.3, -0.25) is 0 Å². The normalized spacial score (nSPS) is 12.2. The van der Waals surface area contributed by atoms with Crippen molar-refractivity contribution >= 4 is 16.7 Å². The lowest BCUT2D eigenvalue weighted by Gasteiger charge is -2.05. The number of nitroso groups, excluding NO2 is 1. The van der Waals surface area contributed by atoms with Gasteiger partial charge in [-0.2, -0.15) is 0 Å². The molecule has 16 heavy (non-hydrogen) atoms. The van der Waals surface area contributed by atoms with E-state index in [4.69, 9.17) is 5.11 Å². The van der Waals surface area contributed by atoms with Gasteiger partial charge in [0.2, 0.25) is 6.04 Å². The predicted octanol–water partition coefficient (Wildman–Crippen LogP) is 2.73. The van der Waals surface area contributed by atoms with Crippen molar-refractivity contribution in [2.75, 3.05) is 0 Å². The molecule has 0 amide bonds. The molecule has 1 N–H and O–H groups in total. The topological polar surface area (TPSA) is 66.7 Å². The van der Waals surface area contributed by atoms with Crippen LogP contribution in [0.2, 0.25) is 0 Å². The zero-order valence-corrected chi connectivity index (χ0v) is 8.33. The van der Waals surface area contributed by atoms with Crippen LogP contribution in [-0.4, -0.2) is 11.1 Å². The number of carboxylic acid groups (broad SMARTS) is 1. The summed E-state index contributed by atoms with van der Waals surface area (Å²) in [6.45, 7) is 0. The van der Waals surface area contributed by atoms with Crippen molar-refractivity contribution in [1.29, 1.82) is 0 Å². The minimum Gasteiger partial charge on any atom is -0.479 e. The summed E-state index contributed by atoms with van der Waals surface area (Å²) in [6.07, 6.45) is 0. The van der Waals surface area contributed by atoms with Crippen LogP contribution in [0.3, 0.4) is 0 Å². The smallest absolute Gasteiger partial charge is 0.336 e. The van der Waals surface area contributed by atoms with Crippen molar-refractivity contribution in [1.82, 2.24) is 0 Å². The Morgan fingerprint density at radius 1 is 1.12 bits per heavy atom. The predicted molar refractivity (Wildman–Crippen MR) is 60.1 cm³/mol. The number of aliphatic carboxylic acids is 1. The fraction of sp³-hybridized carbons (Fsp3) is 0.0833. The number of hydrogen-bond acceptors (Lipinski definition) is 3. The van der Waals surface area contributed by atoms with E-state index in [1.54, 1.807) is 18.2 Å². The molecule has 2 aromatic carbocycles. The lowest BCUT2D eigenvalue weighted by molar-refractivity contribution is -0.138. The molecule has 1 atom stereocenters. The Labute approximate surface area is 91.5 Å². The van der Waals surface area contributed by atoms with Gasteiger partial charge in [0, 0.05) is 0 Å². The highest BCUT2D eigenvalue weighted by Gasteiger charge is 2.20. The van der Waals surface area contributed by atoms with E-state index in [9.17, 15) is 9.70 Å². The molecule has 0 unspecified atom stereocenters. The lowest BCUT2D eigenvalue weighted by Crippen LogP contribution is -2.08. The molecule has 2 aromatic rings. The second-order valence-corrected chi connectivity index (χ2v) is 3.45. The van der Waals surface area contributed by atoms with Gasteiger partial charge in [-0.05, 0) is 27.6 Å². The van der Waals surface area contributed by atoms with Crippen LogP contribution in [0, 0.1) is 4.91 Å². The Kier molecular flexibility index (Phi) is 2.64. The van der Waals surface area contributed by atoms with Crippen LogP contribution in [-0.2, 0) is 4.79 Å². The van der Waals surface area contributed by atoms with Gasteiger partial charge in [-0.25, -0.2) is 4.79 Å². The molecule has 0 aliphatic heterocycles. The molecule has 0 spiro atoms. The maximum Gasteiger partial charge on any atom is 0.336 e. The maximum atomic E-state index is 10.8. The van der Waals surface area contributed by atoms with Gasteiger partial charge in [0.1, 0.15) is 0 Å². The Balaban J connectivity index is 2.53. The fourth-order valence-electron chi connectivity index (χ4n) is 1.63. The third kappa shape index (κ3) is 1.77. The van der Waals surface area contributed by atoms with E-state index in [2.05, 4.69) is 5.18 Å². The standard InChI is InChI=1S/C12H9NO3/c14-12(15)11(13-16)10-6-5-8-3-1-2-4-9(8)7-10/h1-7,11H,(H,14,15)/t11-/m0/s1. The van der Waals surface area contributed by atoms with Gasteiger partial charge in [0.05, 0.1) is 0 Å². The quantitative estimate of drug-likeness (QED) is 0.800. The molecule has 0 bridgehead atoms. The number of fused-ring (bicyclic) bond motifs is 1. The lowest BCUT2D eigenvalue weighted by atomic mass is 10.0. The van der Waals surface area contributed by atoms with Crippen molar-refractivity contribution in [3.8, 4) is 0 Å². The van der Waals surface area contributed by atoms with Gasteiger partial charge in [-0.1, -0.05) is 36.4 Å². The molecule has 0 aliphatic rings. The molecule has 2 rings (SSSR count). The summed E-state index contributed by atoms with van der Waals surface area (Å²) in [4.78, 5) is 21.2. The third-order valence-corrected chi connectivity index (χ3v) is 2.43. The second kappa shape index (κ2) is 4.10. The summed E-state index contributed by atoms with van der Waals surface area (Å²) in [5, 5.41) is 13.3. The van der Waals surface area contributed by atoms with E-state index in [0.717, 1.165) is 10.8 Å². The third-order valence-electron chi connectivity index (χ3n) is 2.43. The van der Waals surface area contributed by atoms with Crippen LogP contribution in [0.1, 0.15) is 11.6 Å². The zero-order valence-electron chi connectivity index (χ0n) is 8.33. The number of rotatable bonds is 3. The van der Waals surface area contributed by atoms with Gasteiger partial charge in [0.25, 0.3) is 0 Å². The first-order valence-corrected chi connectivity index (χ1v) is 4.76. The molecule has 0 fully saturated rings. The van der Waals surface area contributed by atoms with Crippen molar-refractivity contribution in [3.63, 3.8) is 0 Å².